The average Bonchev–Trinajstić information content (AvgIpc) is 2.97. The van der Waals surface area contributed by atoms with Gasteiger partial charge in [0.1, 0.15) is 0 Å². The standard InChI is InChI=1S/C18H17ClN2O3S/c1-12-5-4-6-13(9-12)20-16-10-25(23,24)11-17(16)21(18(20)22)15-8-3-2-7-14(15)19/h2-9,16-17H,10-11H2,1H3/t16-,17-/m1/s1. The Bertz CT molecular complexity index is 960. The second-order valence-corrected chi connectivity index (χ2v) is 9.09. The summed E-state index contributed by atoms with van der Waals surface area (Å²) in [5.41, 5.74) is 2.28. The van der Waals surface area contributed by atoms with Crippen molar-refractivity contribution in [1.82, 2.24) is 0 Å². The van der Waals surface area contributed by atoms with E-state index in [1.165, 1.54) is 0 Å². The fourth-order valence-corrected chi connectivity index (χ4v) is 5.86. The molecule has 0 spiro atoms. The fourth-order valence-electron chi connectivity index (χ4n) is 3.71. The third-order valence-corrected chi connectivity index (χ3v) is 6.78. The Morgan fingerprint density at radius 1 is 1.00 bits per heavy atom. The number of fused-ring (bicyclic) bond motifs is 1. The number of benzene rings is 2. The Morgan fingerprint density at radius 2 is 1.68 bits per heavy atom. The molecular weight excluding hydrogens is 360 g/mol. The van der Waals surface area contributed by atoms with Gasteiger partial charge in [-0.15, -0.1) is 0 Å². The predicted octanol–water partition coefficient (Wildman–Crippen LogP) is 3.26. The van der Waals surface area contributed by atoms with Crippen LogP contribution in [0.2, 0.25) is 5.02 Å². The molecular formula is C18H17ClN2O3S. The average molecular weight is 377 g/mol. The number of rotatable bonds is 2. The SMILES string of the molecule is Cc1cccc(N2C(=O)N(c3ccccc3Cl)[C@@H]3CS(=O)(=O)C[C@H]32)c1. The Labute approximate surface area is 151 Å². The first-order valence-corrected chi connectivity index (χ1v) is 10.2. The number of amides is 2. The molecule has 4 rings (SSSR count). The Balaban J connectivity index is 1.84. The van der Waals surface area contributed by atoms with Crippen LogP contribution >= 0.6 is 11.6 Å². The van der Waals surface area contributed by atoms with Crippen molar-refractivity contribution in [1.29, 1.82) is 0 Å². The van der Waals surface area contributed by atoms with E-state index in [1.807, 2.05) is 31.2 Å². The number of sulfone groups is 1. The lowest BCUT2D eigenvalue weighted by atomic mass is 10.1. The number of urea groups is 1. The van der Waals surface area contributed by atoms with E-state index in [0.29, 0.717) is 16.4 Å². The van der Waals surface area contributed by atoms with Crippen molar-refractivity contribution in [3.8, 4) is 0 Å². The number of para-hydroxylation sites is 1. The highest BCUT2D eigenvalue weighted by Gasteiger charge is 2.54. The van der Waals surface area contributed by atoms with Gasteiger partial charge in [0, 0.05) is 5.69 Å². The van der Waals surface area contributed by atoms with Crippen LogP contribution in [0, 0.1) is 6.92 Å². The second-order valence-electron chi connectivity index (χ2n) is 6.52. The number of aryl methyl sites for hydroxylation is 1. The van der Waals surface area contributed by atoms with E-state index < -0.39 is 21.9 Å². The summed E-state index contributed by atoms with van der Waals surface area (Å²) in [4.78, 5) is 16.3. The normalized spacial score (nSPS) is 24.6. The second kappa shape index (κ2) is 5.75. The largest absolute Gasteiger partial charge is 0.329 e. The van der Waals surface area contributed by atoms with Crippen molar-refractivity contribution in [2.45, 2.75) is 19.0 Å². The summed E-state index contributed by atoms with van der Waals surface area (Å²) in [5.74, 6) is -0.0742. The van der Waals surface area contributed by atoms with Crippen LogP contribution in [0.15, 0.2) is 48.5 Å². The zero-order chi connectivity index (χ0) is 17.8. The molecule has 2 aromatic rings. The summed E-state index contributed by atoms with van der Waals surface area (Å²) in [6, 6.07) is 13.5. The molecule has 2 aromatic carbocycles. The number of anilines is 2. The number of hydrogen-bond donors (Lipinski definition) is 0. The van der Waals surface area contributed by atoms with Gasteiger partial charge in [-0.2, -0.15) is 0 Å². The van der Waals surface area contributed by atoms with E-state index in [-0.39, 0.29) is 17.5 Å². The van der Waals surface area contributed by atoms with Gasteiger partial charge in [0.2, 0.25) is 0 Å². The van der Waals surface area contributed by atoms with E-state index in [0.717, 1.165) is 5.56 Å². The number of halogens is 1. The molecule has 0 aromatic heterocycles. The summed E-state index contributed by atoms with van der Waals surface area (Å²) in [6.45, 7) is 1.94. The summed E-state index contributed by atoms with van der Waals surface area (Å²) >= 11 is 6.29. The Hall–Kier alpha value is -2.05. The van der Waals surface area contributed by atoms with Gasteiger partial charge in [-0.05, 0) is 36.8 Å². The molecule has 2 amide bonds. The number of carbonyl (C=O) groups excluding carboxylic acids is 1. The van der Waals surface area contributed by atoms with Crippen molar-refractivity contribution in [3.05, 3.63) is 59.1 Å². The molecule has 5 nitrogen and oxygen atoms in total. The highest BCUT2D eigenvalue weighted by molar-refractivity contribution is 7.91. The maximum Gasteiger partial charge on any atom is 0.329 e. The van der Waals surface area contributed by atoms with Crippen molar-refractivity contribution in [3.63, 3.8) is 0 Å². The van der Waals surface area contributed by atoms with Crippen molar-refractivity contribution >= 4 is 38.8 Å². The van der Waals surface area contributed by atoms with Gasteiger partial charge in [-0.1, -0.05) is 35.9 Å². The zero-order valence-electron chi connectivity index (χ0n) is 13.6. The Morgan fingerprint density at radius 3 is 2.36 bits per heavy atom. The smallest absolute Gasteiger partial charge is 0.288 e. The van der Waals surface area contributed by atoms with Crippen molar-refractivity contribution in [2.75, 3.05) is 21.3 Å². The first-order chi connectivity index (χ1) is 11.9. The highest BCUT2D eigenvalue weighted by Crippen LogP contribution is 2.40. The lowest BCUT2D eigenvalue weighted by Gasteiger charge is -2.23. The van der Waals surface area contributed by atoms with E-state index in [2.05, 4.69) is 0 Å². The van der Waals surface area contributed by atoms with Gasteiger partial charge in [-0.25, -0.2) is 13.2 Å². The van der Waals surface area contributed by atoms with Gasteiger partial charge in [0.25, 0.3) is 0 Å². The van der Waals surface area contributed by atoms with Crippen LogP contribution in [-0.4, -0.2) is 38.0 Å². The van der Waals surface area contributed by atoms with E-state index in [4.69, 9.17) is 11.6 Å². The van der Waals surface area contributed by atoms with Crippen LogP contribution in [0.5, 0.6) is 0 Å². The molecule has 2 aliphatic heterocycles. The third kappa shape index (κ3) is 2.69. The highest BCUT2D eigenvalue weighted by atomic mass is 35.5. The number of nitrogens with zero attached hydrogens (tertiary/aromatic N) is 2. The lowest BCUT2D eigenvalue weighted by molar-refractivity contribution is 0.255. The zero-order valence-corrected chi connectivity index (χ0v) is 15.2. The summed E-state index contributed by atoms with van der Waals surface area (Å²) in [5, 5.41) is 0.435. The fraction of sp³-hybridized carbons (Fsp3) is 0.278. The Kier molecular flexibility index (Phi) is 3.77. The molecule has 2 aliphatic rings. The molecule has 130 valence electrons. The maximum atomic E-state index is 13.2. The molecule has 0 bridgehead atoms. The molecule has 0 unspecified atom stereocenters. The monoisotopic (exact) mass is 376 g/mol. The minimum absolute atomic E-state index is 0.0295. The molecule has 2 atom stereocenters. The molecule has 2 saturated heterocycles. The molecule has 0 aliphatic carbocycles. The molecule has 2 fully saturated rings. The van der Waals surface area contributed by atoms with E-state index >= 15 is 0 Å². The van der Waals surface area contributed by atoms with E-state index in [9.17, 15) is 13.2 Å². The van der Waals surface area contributed by atoms with Crippen molar-refractivity contribution in [2.24, 2.45) is 0 Å². The first-order valence-electron chi connectivity index (χ1n) is 8.01. The first kappa shape index (κ1) is 16.4. The molecule has 2 heterocycles. The lowest BCUT2D eigenvalue weighted by Crippen LogP contribution is -2.38. The van der Waals surface area contributed by atoms with Gasteiger partial charge in [0.05, 0.1) is 34.3 Å². The van der Waals surface area contributed by atoms with Crippen LogP contribution in [0.25, 0.3) is 0 Å². The van der Waals surface area contributed by atoms with Crippen LogP contribution in [-0.2, 0) is 9.84 Å². The van der Waals surface area contributed by atoms with Crippen LogP contribution in [0.1, 0.15) is 5.56 Å². The minimum atomic E-state index is -3.21. The van der Waals surface area contributed by atoms with Crippen LogP contribution in [0.3, 0.4) is 0 Å². The van der Waals surface area contributed by atoms with Crippen LogP contribution in [0.4, 0.5) is 16.2 Å². The minimum Gasteiger partial charge on any atom is -0.288 e. The molecule has 25 heavy (non-hydrogen) atoms. The van der Waals surface area contributed by atoms with Crippen LogP contribution < -0.4 is 9.80 Å². The van der Waals surface area contributed by atoms with Gasteiger partial charge >= 0.3 is 6.03 Å². The molecule has 7 heteroatoms. The van der Waals surface area contributed by atoms with Crippen molar-refractivity contribution < 1.29 is 13.2 Å². The topological polar surface area (TPSA) is 57.7 Å². The predicted molar refractivity (Wildman–Crippen MR) is 99.2 cm³/mol. The summed E-state index contributed by atoms with van der Waals surface area (Å²) < 4.78 is 24.5. The number of carbonyl (C=O) groups is 1. The molecule has 0 radical (unpaired) electrons. The number of hydrogen-bond acceptors (Lipinski definition) is 3. The summed E-state index contributed by atoms with van der Waals surface area (Å²) in [6.07, 6.45) is 0. The quantitative estimate of drug-likeness (QED) is 0.756. The maximum absolute atomic E-state index is 13.2. The van der Waals surface area contributed by atoms with Gasteiger partial charge < -0.3 is 0 Å². The van der Waals surface area contributed by atoms with Gasteiger partial charge in [-0.3, -0.25) is 9.80 Å². The third-order valence-electron chi connectivity index (χ3n) is 4.76. The molecule has 0 saturated carbocycles. The molecule has 0 N–H and O–H groups in total. The van der Waals surface area contributed by atoms with Gasteiger partial charge in [0.15, 0.2) is 9.84 Å². The van der Waals surface area contributed by atoms with E-state index in [1.54, 1.807) is 34.1 Å². The summed E-state index contributed by atoms with van der Waals surface area (Å²) in [7, 11) is -3.21.